The molecule has 5 nitrogen and oxygen atoms in total. The SMILES string of the molecule is O=C(Cn1cccn1)N1CCN(c2cc(F)cc(Br)c2)CC1. The Labute approximate surface area is 136 Å². The summed E-state index contributed by atoms with van der Waals surface area (Å²) in [6.07, 6.45) is 3.44. The van der Waals surface area contributed by atoms with Crippen LogP contribution in [0.1, 0.15) is 0 Å². The van der Waals surface area contributed by atoms with Crippen LogP contribution < -0.4 is 4.90 Å². The zero-order valence-corrected chi connectivity index (χ0v) is 13.5. The van der Waals surface area contributed by atoms with Crippen LogP contribution in [-0.4, -0.2) is 46.8 Å². The Hall–Kier alpha value is -1.89. The minimum atomic E-state index is -0.262. The smallest absolute Gasteiger partial charge is 0.244 e. The number of carbonyl (C=O) groups excluding carboxylic acids is 1. The molecule has 0 aliphatic carbocycles. The molecule has 1 saturated heterocycles. The number of piperazine rings is 1. The van der Waals surface area contributed by atoms with Gasteiger partial charge in [-0.2, -0.15) is 5.10 Å². The van der Waals surface area contributed by atoms with Crippen LogP contribution in [0, 0.1) is 5.82 Å². The normalized spacial score (nSPS) is 15.2. The average molecular weight is 367 g/mol. The fourth-order valence-corrected chi connectivity index (χ4v) is 3.02. The van der Waals surface area contributed by atoms with E-state index in [9.17, 15) is 9.18 Å². The first-order chi connectivity index (χ1) is 10.6. The number of anilines is 1. The first kappa shape index (κ1) is 15.0. The summed E-state index contributed by atoms with van der Waals surface area (Å²) in [6, 6.07) is 6.65. The molecule has 1 fully saturated rings. The second kappa shape index (κ2) is 6.48. The highest BCUT2D eigenvalue weighted by Crippen LogP contribution is 2.23. The van der Waals surface area contributed by atoms with Gasteiger partial charge in [-0.15, -0.1) is 0 Å². The second-order valence-electron chi connectivity index (χ2n) is 5.20. The summed E-state index contributed by atoms with van der Waals surface area (Å²) in [5, 5.41) is 4.04. The summed E-state index contributed by atoms with van der Waals surface area (Å²) in [5.41, 5.74) is 0.839. The van der Waals surface area contributed by atoms with Crippen molar-refractivity contribution in [3.63, 3.8) is 0 Å². The molecular formula is C15H16BrFN4O. The first-order valence-corrected chi connectivity index (χ1v) is 7.87. The number of carbonyl (C=O) groups is 1. The van der Waals surface area contributed by atoms with Gasteiger partial charge in [0.05, 0.1) is 0 Å². The lowest BCUT2D eigenvalue weighted by Crippen LogP contribution is -2.49. The lowest BCUT2D eigenvalue weighted by Gasteiger charge is -2.36. The van der Waals surface area contributed by atoms with Crippen LogP contribution in [0.3, 0.4) is 0 Å². The van der Waals surface area contributed by atoms with Crippen molar-refractivity contribution in [1.29, 1.82) is 0 Å². The standard InChI is InChI=1S/C15H16BrFN4O/c16-12-8-13(17)10-14(9-12)19-4-6-20(7-5-19)15(22)11-21-3-1-2-18-21/h1-3,8-10H,4-7,11H2. The van der Waals surface area contributed by atoms with Crippen molar-refractivity contribution in [2.24, 2.45) is 0 Å². The third-order valence-electron chi connectivity index (χ3n) is 3.70. The maximum atomic E-state index is 13.5. The quantitative estimate of drug-likeness (QED) is 0.835. The minimum Gasteiger partial charge on any atom is -0.368 e. The van der Waals surface area contributed by atoms with Gasteiger partial charge in [0.15, 0.2) is 0 Å². The molecular weight excluding hydrogens is 351 g/mol. The van der Waals surface area contributed by atoms with Crippen LogP contribution in [-0.2, 0) is 11.3 Å². The lowest BCUT2D eigenvalue weighted by atomic mass is 10.2. The van der Waals surface area contributed by atoms with Crippen molar-refractivity contribution >= 4 is 27.5 Å². The summed E-state index contributed by atoms with van der Waals surface area (Å²) in [6.45, 7) is 2.92. The maximum absolute atomic E-state index is 13.5. The highest BCUT2D eigenvalue weighted by molar-refractivity contribution is 9.10. The summed E-state index contributed by atoms with van der Waals surface area (Å²) < 4.78 is 15.8. The van der Waals surface area contributed by atoms with Gasteiger partial charge in [0.25, 0.3) is 0 Å². The van der Waals surface area contributed by atoms with Crippen molar-refractivity contribution in [2.45, 2.75) is 6.54 Å². The molecule has 0 radical (unpaired) electrons. The van der Waals surface area contributed by atoms with E-state index in [1.165, 1.54) is 12.1 Å². The van der Waals surface area contributed by atoms with E-state index in [0.29, 0.717) is 26.2 Å². The molecule has 1 aromatic carbocycles. The van der Waals surface area contributed by atoms with E-state index in [4.69, 9.17) is 0 Å². The van der Waals surface area contributed by atoms with Crippen LogP contribution in [0.25, 0.3) is 0 Å². The van der Waals surface area contributed by atoms with Crippen LogP contribution in [0.2, 0.25) is 0 Å². The number of nitrogens with zero attached hydrogens (tertiary/aromatic N) is 4. The van der Waals surface area contributed by atoms with Gasteiger partial charge in [-0.1, -0.05) is 15.9 Å². The van der Waals surface area contributed by atoms with E-state index in [-0.39, 0.29) is 18.3 Å². The molecule has 2 aromatic rings. The van der Waals surface area contributed by atoms with Crippen LogP contribution in [0.15, 0.2) is 41.1 Å². The maximum Gasteiger partial charge on any atom is 0.244 e. The second-order valence-corrected chi connectivity index (χ2v) is 6.11. The topological polar surface area (TPSA) is 41.4 Å². The third kappa shape index (κ3) is 3.47. The number of benzene rings is 1. The summed E-state index contributed by atoms with van der Waals surface area (Å²) in [7, 11) is 0. The van der Waals surface area contributed by atoms with Crippen molar-refractivity contribution in [3.8, 4) is 0 Å². The van der Waals surface area contributed by atoms with E-state index < -0.39 is 0 Å². The van der Waals surface area contributed by atoms with Crippen molar-refractivity contribution in [2.75, 3.05) is 31.1 Å². The molecule has 0 unspecified atom stereocenters. The molecule has 0 bridgehead atoms. The van der Waals surface area contributed by atoms with Gasteiger partial charge < -0.3 is 9.80 Å². The zero-order valence-electron chi connectivity index (χ0n) is 12.0. The van der Waals surface area contributed by atoms with Gasteiger partial charge in [-0.3, -0.25) is 9.48 Å². The van der Waals surface area contributed by atoms with Crippen molar-refractivity contribution in [3.05, 3.63) is 46.9 Å². The Morgan fingerprint density at radius 3 is 2.64 bits per heavy atom. The highest BCUT2D eigenvalue weighted by atomic mass is 79.9. The van der Waals surface area contributed by atoms with Gasteiger partial charge in [-0.25, -0.2) is 4.39 Å². The van der Waals surface area contributed by atoms with Crippen LogP contribution in [0.5, 0.6) is 0 Å². The summed E-state index contributed by atoms with van der Waals surface area (Å²) in [4.78, 5) is 16.1. The van der Waals surface area contributed by atoms with Crippen molar-refractivity contribution in [1.82, 2.24) is 14.7 Å². The Kier molecular flexibility index (Phi) is 4.42. The van der Waals surface area contributed by atoms with Crippen LogP contribution >= 0.6 is 15.9 Å². The van der Waals surface area contributed by atoms with Crippen LogP contribution in [0.4, 0.5) is 10.1 Å². The number of rotatable bonds is 3. The zero-order chi connectivity index (χ0) is 15.5. The Bertz CT molecular complexity index is 633. The van der Waals surface area contributed by atoms with E-state index in [2.05, 4.69) is 25.9 Å². The number of hydrogen-bond donors (Lipinski definition) is 0. The molecule has 1 aromatic heterocycles. The third-order valence-corrected chi connectivity index (χ3v) is 4.16. The van der Waals surface area contributed by atoms with Gasteiger partial charge in [0.2, 0.25) is 5.91 Å². The number of aromatic nitrogens is 2. The first-order valence-electron chi connectivity index (χ1n) is 7.08. The molecule has 0 atom stereocenters. The molecule has 1 aliphatic heterocycles. The Balaban J connectivity index is 1.59. The molecule has 116 valence electrons. The van der Waals surface area contributed by atoms with E-state index in [0.717, 1.165) is 10.2 Å². The molecule has 0 saturated carbocycles. The largest absolute Gasteiger partial charge is 0.368 e. The molecule has 22 heavy (non-hydrogen) atoms. The molecule has 1 amide bonds. The van der Waals surface area contributed by atoms with E-state index >= 15 is 0 Å². The van der Waals surface area contributed by atoms with Gasteiger partial charge >= 0.3 is 0 Å². The Morgan fingerprint density at radius 1 is 1.23 bits per heavy atom. The van der Waals surface area contributed by atoms with Gasteiger partial charge in [0.1, 0.15) is 12.4 Å². The fourth-order valence-electron chi connectivity index (χ4n) is 2.57. The predicted octanol–water partition coefficient (Wildman–Crippen LogP) is 2.13. The number of amides is 1. The Morgan fingerprint density at radius 2 is 2.00 bits per heavy atom. The monoisotopic (exact) mass is 366 g/mol. The summed E-state index contributed by atoms with van der Waals surface area (Å²) >= 11 is 3.31. The number of hydrogen-bond acceptors (Lipinski definition) is 3. The van der Waals surface area contributed by atoms with Gasteiger partial charge in [0, 0.05) is 48.7 Å². The summed E-state index contributed by atoms with van der Waals surface area (Å²) in [5.74, 6) is -0.203. The molecule has 1 aliphatic rings. The molecule has 2 heterocycles. The highest BCUT2D eigenvalue weighted by Gasteiger charge is 2.22. The number of halogens is 2. The molecule has 0 spiro atoms. The van der Waals surface area contributed by atoms with E-state index in [1.807, 2.05) is 11.0 Å². The lowest BCUT2D eigenvalue weighted by molar-refractivity contribution is -0.132. The fraction of sp³-hybridized carbons (Fsp3) is 0.333. The molecule has 0 N–H and O–H groups in total. The minimum absolute atomic E-state index is 0.0590. The predicted molar refractivity (Wildman–Crippen MR) is 85.1 cm³/mol. The molecule has 3 rings (SSSR count). The van der Waals surface area contributed by atoms with Crippen molar-refractivity contribution < 1.29 is 9.18 Å². The average Bonchev–Trinajstić information content (AvgIpc) is 2.99. The molecule has 7 heteroatoms. The van der Waals surface area contributed by atoms with Gasteiger partial charge in [-0.05, 0) is 24.3 Å². The van der Waals surface area contributed by atoms with E-state index in [1.54, 1.807) is 23.1 Å².